The van der Waals surface area contributed by atoms with Crippen LogP contribution in [-0.2, 0) is 17.9 Å². The normalized spacial score (nSPS) is 10.8. The summed E-state index contributed by atoms with van der Waals surface area (Å²) in [7, 11) is 3.46. The molecule has 2 aromatic carbocycles. The predicted molar refractivity (Wildman–Crippen MR) is 127 cm³/mol. The Hall–Kier alpha value is -3.72. The Morgan fingerprint density at radius 3 is 2.75 bits per heavy atom. The molecule has 1 amide bonds. The molecule has 9 heteroatoms. The summed E-state index contributed by atoms with van der Waals surface area (Å²) in [6, 6.07) is 15.5. The third-order valence-corrected chi connectivity index (χ3v) is 6.05. The molecule has 2 heterocycles. The molecule has 0 aliphatic heterocycles. The van der Waals surface area contributed by atoms with Crippen LogP contribution in [0.15, 0.2) is 59.7 Å². The van der Waals surface area contributed by atoms with E-state index in [2.05, 4.69) is 15.3 Å². The summed E-state index contributed by atoms with van der Waals surface area (Å²) >= 11 is 1.27. The lowest BCUT2D eigenvalue weighted by Gasteiger charge is -2.15. The zero-order chi connectivity index (χ0) is 22.7. The quantitative estimate of drug-likeness (QED) is 0.465. The third-order valence-electron chi connectivity index (χ3n) is 4.90. The number of carbonyl (C=O) groups is 1. The third kappa shape index (κ3) is 4.62. The molecule has 164 valence electrons. The zero-order valence-corrected chi connectivity index (χ0v) is 18.8. The van der Waals surface area contributed by atoms with Gasteiger partial charge in [-0.15, -0.1) is 0 Å². The Labute approximate surface area is 189 Å². The summed E-state index contributed by atoms with van der Waals surface area (Å²) in [5, 5.41) is 3.50. The fourth-order valence-corrected chi connectivity index (χ4v) is 4.23. The van der Waals surface area contributed by atoms with Gasteiger partial charge in [-0.25, -0.2) is 4.98 Å². The molecular formula is C23H23N5O3S. The number of thiazole rings is 1. The van der Waals surface area contributed by atoms with Crippen LogP contribution in [-0.4, -0.2) is 34.6 Å². The van der Waals surface area contributed by atoms with Gasteiger partial charge in [0.05, 0.1) is 12.8 Å². The average Bonchev–Trinajstić information content (AvgIpc) is 3.22. The fourth-order valence-electron chi connectivity index (χ4n) is 3.30. The Morgan fingerprint density at radius 1 is 1.22 bits per heavy atom. The van der Waals surface area contributed by atoms with Gasteiger partial charge in [-0.3, -0.25) is 14.2 Å². The maximum atomic E-state index is 13.0. The summed E-state index contributed by atoms with van der Waals surface area (Å²) < 4.78 is 7.00. The second-order valence-corrected chi connectivity index (χ2v) is 8.40. The van der Waals surface area contributed by atoms with Crippen molar-refractivity contribution in [3.8, 4) is 5.75 Å². The summed E-state index contributed by atoms with van der Waals surface area (Å²) in [4.78, 5) is 36.3. The van der Waals surface area contributed by atoms with Gasteiger partial charge in [0.25, 0.3) is 5.56 Å². The van der Waals surface area contributed by atoms with Crippen LogP contribution in [0.2, 0.25) is 0 Å². The van der Waals surface area contributed by atoms with Crippen LogP contribution < -0.4 is 20.5 Å². The molecule has 0 radical (unpaired) electrons. The lowest BCUT2D eigenvalue weighted by molar-refractivity contribution is -0.116. The molecule has 4 aromatic rings. The first-order valence-electron chi connectivity index (χ1n) is 10.00. The molecule has 1 N–H and O–H groups in total. The van der Waals surface area contributed by atoms with Crippen molar-refractivity contribution in [3.05, 3.63) is 76.3 Å². The number of anilines is 2. The Balaban J connectivity index is 1.53. The number of nitrogens with zero attached hydrogens (tertiary/aromatic N) is 4. The number of fused-ring (bicyclic) bond motifs is 1. The van der Waals surface area contributed by atoms with Crippen LogP contribution >= 0.6 is 11.3 Å². The summed E-state index contributed by atoms with van der Waals surface area (Å²) in [6.07, 6.45) is 1.36. The lowest BCUT2D eigenvalue weighted by atomic mass is 10.2. The second-order valence-electron chi connectivity index (χ2n) is 7.42. The van der Waals surface area contributed by atoms with E-state index in [0.717, 1.165) is 11.1 Å². The number of benzene rings is 2. The van der Waals surface area contributed by atoms with Crippen LogP contribution in [0.4, 0.5) is 10.8 Å². The summed E-state index contributed by atoms with van der Waals surface area (Å²) in [5.74, 6) is 0.210. The highest BCUT2D eigenvalue weighted by atomic mass is 32.1. The van der Waals surface area contributed by atoms with Crippen molar-refractivity contribution in [2.24, 2.45) is 0 Å². The molecule has 4 rings (SSSR count). The highest BCUT2D eigenvalue weighted by molar-refractivity contribution is 7.22. The van der Waals surface area contributed by atoms with Gasteiger partial charge in [0.2, 0.25) is 5.91 Å². The van der Waals surface area contributed by atoms with Gasteiger partial charge in [-0.1, -0.05) is 47.7 Å². The Morgan fingerprint density at radius 2 is 2.00 bits per heavy atom. The maximum Gasteiger partial charge on any atom is 0.273 e. The minimum Gasteiger partial charge on any atom is -0.495 e. The number of hydrogen-bond donors (Lipinski definition) is 1. The van der Waals surface area contributed by atoms with E-state index in [1.54, 1.807) is 13.2 Å². The van der Waals surface area contributed by atoms with E-state index in [-0.39, 0.29) is 18.0 Å². The number of rotatable bonds is 7. The number of aromatic nitrogens is 3. The van der Waals surface area contributed by atoms with Crippen LogP contribution in [0.3, 0.4) is 0 Å². The first kappa shape index (κ1) is 21.5. The largest absolute Gasteiger partial charge is 0.495 e. The molecule has 32 heavy (non-hydrogen) atoms. The zero-order valence-electron chi connectivity index (χ0n) is 18.0. The van der Waals surface area contributed by atoms with E-state index in [4.69, 9.17) is 4.74 Å². The van der Waals surface area contributed by atoms with E-state index < -0.39 is 0 Å². The maximum absolute atomic E-state index is 13.0. The Bertz CT molecular complexity index is 1320. The van der Waals surface area contributed by atoms with Gasteiger partial charge in [-0.2, -0.15) is 4.98 Å². The molecule has 0 spiro atoms. The standard InChI is InChI=1S/C23H23N5O3S/c1-15-9-10-18(31-3)17(11-15)25-19(29)13-28-14-24-21-20(22(28)30)32-23(26-21)27(2)12-16-7-5-4-6-8-16/h4-11,14H,12-13H2,1-3H3,(H,25,29). The molecule has 0 aliphatic carbocycles. The number of ether oxygens (including phenoxy) is 1. The molecule has 0 unspecified atom stereocenters. The lowest BCUT2D eigenvalue weighted by Crippen LogP contribution is -2.27. The first-order valence-corrected chi connectivity index (χ1v) is 10.8. The molecular weight excluding hydrogens is 426 g/mol. The van der Waals surface area contributed by atoms with Crippen molar-refractivity contribution < 1.29 is 9.53 Å². The van der Waals surface area contributed by atoms with Gasteiger partial charge in [0.15, 0.2) is 10.8 Å². The molecule has 0 saturated carbocycles. The van der Waals surface area contributed by atoms with E-state index in [0.29, 0.717) is 33.5 Å². The van der Waals surface area contributed by atoms with Crippen molar-refractivity contribution in [2.45, 2.75) is 20.0 Å². The van der Waals surface area contributed by atoms with Gasteiger partial charge in [0, 0.05) is 13.6 Å². The molecule has 0 fully saturated rings. The minimum absolute atomic E-state index is 0.161. The first-order chi connectivity index (χ1) is 15.4. The number of hydrogen-bond acceptors (Lipinski definition) is 7. The molecule has 0 bridgehead atoms. The highest BCUT2D eigenvalue weighted by Gasteiger charge is 2.16. The van der Waals surface area contributed by atoms with Crippen molar-refractivity contribution in [3.63, 3.8) is 0 Å². The number of amides is 1. The average molecular weight is 450 g/mol. The van der Waals surface area contributed by atoms with Gasteiger partial charge >= 0.3 is 0 Å². The van der Waals surface area contributed by atoms with Crippen molar-refractivity contribution in [2.75, 3.05) is 24.4 Å². The van der Waals surface area contributed by atoms with E-state index in [1.807, 2.05) is 61.3 Å². The van der Waals surface area contributed by atoms with Crippen LogP contribution in [0.5, 0.6) is 5.75 Å². The Kier molecular flexibility index (Phi) is 6.18. The SMILES string of the molecule is COc1ccc(C)cc1NC(=O)Cn1cnc2nc(N(C)Cc3ccccc3)sc2c1=O. The topological polar surface area (TPSA) is 89.3 Å². The van der Waals surface area contributed by atoms with Crippen molar-refractivity contribution >= 4 is 38.4 Å². The molecule has 8 nitrogen and oxygen atoms in total. The monoisotopic (exact) mass is 449 g/mol. The van der Waals surface area contributed by atoms with Crippen LogP contribution in [0, 0.1) is 6.92 Å². The van der Waals surface area contributed by atoms with E-state index in [1.165, 1.54) is 22.2 Å². The van der Waals surface area contributed by atoms with Crippen LogP contribution in [0.25, 0.3) is 10.3 Å². The molecule has 0 atom stereocenters. The van der Waals surface area contributed by atoms with Gasteiger partial charge in [-0.05, 0) is 30.2 Å². The van der Waals surface area contributed by atoms with Gasteiger partial charge < -0.3 is 15.0 Å². The fraction of sp³-hybridized carbons (Fsp3) is 0.217. The van der Waals surface area contributed by atoms with Gasteiger partial charge in [0.1, 0.15) is 23.3 Å². The number of methoxy groups -OCH3 is 1. The molecule has 2 aromatic heterocycles. The van der Waals surface area contributed by atoms with E-state index >= 15 is 0 Å². The second kappa shape index (κ2) is 9.19. The van der Waals surface area contributed by atoms with Crippen molar-refractivity contribution in [1.82, 2.24) is 14.5 Å². The number of nitrogens with one attached hydrogen (secondary N) is 1. The molecule has 0 aliphatic rings. The number of carbonyl (C=O) groups excluding carboxylic acids is 1. The smallest absolute Gasteiger partial charge is 0.273 e. The van der Waals surface area contributed by atoms with Crippen molar-refractivity contribution in [1.29, 1.82) is 0 Å². The minimum atomic E-state index is -0.344. The molecule has 0 saturated heterocycles. The summed E-state index contributed by atoms with van der Waals surface area (Å²) in [5.41, 5.74) is 2.77. The predicted octanol–water partition coefficient (Wildman–Crippen LogP) is 3.45. The van der Waals surface area contributed by atoms with Crippen LogP contribution in [0.1, 0.15) is 11.1 Å². The highest BCUT2D eigenvalue weighted by Crippen LogP contribution is 2.26. The number of aryl methyl sites for hydroxylation is 1. The van der Waals surface area contributed by atoms with E-state index in [9.17, 15) is 9.59 Å². The summed E-state index contributed by atoms with van der Waals surface area (Å²) in [6.45, 7) is 2.43.